The van der Waals surface area contributed by atoms with Gasteiger partial charge >= 0.3 is 0 Å². The number of methoxy groups -OCH3 is 1. The number of ether oxygens (including phenoxy) is 2. The third-order valence-corrected chi connectivity index (χ3v) is 6.88. The van der Waals surface area contributed by atoms with Crippen LogP contribution in [0.4, 0.5) is 0 Å². The summed E-state index contributed by atoms with van der Waals surface area (Å²) in [5.41, 5.74) is 0.829. The summed E-state index contributed by atoms with van der Waals surface area (Å²) in [5.74, 6) is 1.49. The Bertz CT molecular complexity index is 732. The highest BCUT2D eigenvalue weighted by molar-refractivity contribution is 5.90. The number of Topliss-reactive ketones (excluding diaryl/α,β-unsaturated/α-hetero) is 1. The van der Waals surface area contributed by atoms with Gasteiger partial charge in [-0.2, -0.15) is 0 Å². The van der Waals surface area contributed by atoms with Gasteiger partial charge in [0.2, 0.25) is 0 Å². The summed E-state index contributed by atoms with van der Waals surface area (Å²) >= 11 is 0. The number of carbonyl (C=O) groups is 1. The number of carbonyl (C=O) groups excluding carboxylic acids is 1. The average Bonchev–Trinajstić information content (AvgIpc) is 2.90. The zero-order valence-electron chi connectivity index (χ0n) is 13.5. The van der Waals surface area contributed by atoms with Crippen LogP contribution in [0.1, 0.15) is 30.4 Å². The Labute approximate surface area is 135 Å². The van der Waals surface area contributed by atoms with E-state index >= 15 is 0 Å². The molecule has 2 N–H and O–H groups in total. The van der Waals surface area contributed by atoms with Crippen molar-refractivity contribution >= 4 is 5.78 Å². The van der Waals surface area contributed by atoms with E-state index in [1.165, 1.54) is 10.5 Å². The number of aliphatic hydroxyl groups is 1. The highest BCUT2D eigenvalue weighted by Crippen LogP contribution is 2.62. The van der Waals surface area contributed by atoms with Crippen LogP contribution in [-0.2, 0) is 16.6 Å². The summed E-state index contributed by atoms with van der Waals surface area (Å²) in [5, 5.41) is 11.8. The predicted octanol–water partition coefficient (Wildman–Crippen LogP) is -0.369. The van der Waals surface area contributed by atoms with Crippen molar-refractivity contribution < 1.29 is 24.3 Å². The maximum atomic E-state index is 12.7. The summed E-state index contributed by atoms with van der Waals surface area (Å²) in [6.07, 6.45) is 2.01. The minimum Gasteiger partial charge on any atom is -0.493 e. The molecule has 4 aliphatic rings. The number of likely N-dealkylation sites (N-methyl/N-ethyl adjacent to an activating group) is 1. The highest BCUT2D eigenvalue weighted by Gasteiger charge is 2.74. The second-order valence-corrected chi connectivity index (χ2v) is 7.59. The molecular weight excluding hydrogens is 294 g/mol. The van der Waals surface area contributed by atoms with E-state index in [0.29, 0.717) is 24.3 Å². The Morgan fingerprint density at radius 3 is 3.00 bits per heavy atom. The van der Waals surface area contributed by atoms with E-state index in [0.717, 1.165) is 24.9 Å². The van der Waals surface area contributed by atoms with E-state index in [9.17, 15) is 9.90 Å². The van der Waals surface area contributed by atoms with Crippen molar-refractivity contribution in [3.63, 3.8) is 0 Å². The number of benzene rings is 1. The van der Waals surface area contributed by atoms with Crippen molar-refractivity contribution in [2.45, 2.75) is 48.8 Å². The first-order chi connectivity index (χ1) is 11.0. The van der Waals surface area contributed by atoms with Crippen molar-refractivity contribution in [1.29, 1.82) is 0 Å². The third kappa shape index (κ3) is 1.32. The van der Waals surface area contributed by atoms with Gasteiger partial charge in [0.1, 0.15) is 11.6 Å². The van der Waals surface area contributed by atoms with Crippen molar-refractivity contribution in [2.24, 2.45) is 0 Å². The van der Waals surface area contributed by atoms with Gasteiger partial charge in [-0.1, -0.05) is 6.07 Å². The second kappa shape index (κ2) is 4.08. The molecule has 2 fully saturated rings. The Kier molecular flexibility index (Phi) is 2.45. The molecule has 5 heteroatoms. The maximum absolute atomic E-state index is 12.7. The van der Waals surface area contributed by atoms with Gasteiger partial charge < -0.3 is 19.5 Å². The molecule has 0 amide bonds. The molecule has 1 saturated heterocycles. The van der Waals surface area contributed by atoms with Gasteiger partial charge in [-0.3, -0.25) is 4.79 Å². The molecular formula is C18H22NO4+. The number of piperidine rings is 1. The van der Waals surface area contributed by atoms with Gasteiger partial charge in [-0.25, -0.2) is 0 Å². The van der Waals surface area contributed by atoms with Crippen LogP contribution in [0.5, 0.6) is 11.5 Å². The second-order valence-electron chi connectivity index (χ2n) is 7.59. The molecule has 2 aliphatic carbocycles. The quantitative estimate of drug-likeness (QED) is 0.742. The molecule has 2 bridgehead atoms. The molecule has 2 heterocycles. The highest BCUT2D eigenvalue weighted by atomic mass is 16.5. The van der Waals surface area contributed by atoms with E-state index in [1.54, 1.807) is 7.11 Å². The molecule has 23 heavy (non-hydrogen) atoms. The van der Waals surface area contributed by atoms with E-state index in [1.807, 2.05) is 6.07 Å². The molecule has 5 rings (SSSR count). The Morgan fingerprint density at radius 1 is 1.39 bits per heavy atom. The smallest absolute Gasteiger partial charge is 0.174 e. The zero-order valence-corrected chi connectivity index (χ0v) is 13.5. The number of quaternary nitrogens is 1. The first-order valence-electron chi connectivity index (χ1n) is 8.47. The number of hydrogen-bond acceptors (Lipinski definition) is 4. The summed E-state index contributed by atoms with van der Waals surface area (Å²) in [6.45, 7) is 0.955. The summed E-state index contributed by atoms with van der Waals surface area (Å²) in [4.78, 5) is 14.0. The van der Waals surface area contributed by atoms with Gasteiger partial charge in [0.25, 0.3) is 0 Å². The number of hydrogen-bond donors (Lipinski definition) is 2. The van der Waals surface area contributed by atoms with Crippen LogP contribution in [0.15, 0.2) is 12.1 Å². The minimum atomic E-state index is -0.863. The first kappa shape index (κ1) is 13.8. The van der Waals surface area contributed by atoms with Crippen LogP contribution >= 0.6 is 0 Å². The van der Waals surface area contributed by atoms with E-state index in [4.69, 9.17) is 9.47 Å². The molecule has 122 valence electrons. The topological polar surface area (TPSA) is 60.2 Å². The summed E-state index contributed by atoms with van der Waals surface area (Å²) in [6, 6.07) is 4.15. The van der Waals surface area contributed by atoms with E-state index < -0.39 is 17.1 Å². The number of nitrogens with one attached hydrogen (secondary N) is 1. The average molecular weight is 316 g/mol. The largest absolute Gasteiger partial charge is 0.493 e. The van der Waals surface area contributed by atoms with Gasteiger partial charge in [-0.15, -0.1) is 0 Å². The summed E-state index contributed by atoms with van der Waals surface area (Å²) < 4.78 is 11.6. The van der Waals surface area contributed by atoms with Crippen molar-refractivity contribution in [2.75, 3.05) is 20.7 Å². The van der Waals surface area contributed by atoms with Crippen LogP contribution in [0.2, 0.25) is 0 Å². The maximum Gasteiger partial charge on any atom is 0.174 e. The predicted molar refractivity (Wildman–Crippen MR) is 82.1 cm³/mol. The van der Waals surface area contributed by atoms with E-state index in [-0.39, 0.29) is 11.8 Å². The van der Waals surface area contributed by atoms with Crippen molar-refractivity contribution in [1.82, 2.24) is 0 Å². The lowest BCUT2D eigenvalue weighted by molar-refractivity contribution is -0.923. The lowest BCUT2D eigenvalue weighted by Gasteiger charge is -2.59. The standard InChI is InChI=1S/C18H21NO4/c1-19-8-7-17-14-10-3-4-12(22-2)15(14)23-16(17)11(20)5-6-18(17,21)13(19)9-10/h3-4,13,16,21H,5-9H2,1-2H3/p+1/t13-,16+,17+,18-/m1/s1. The van der Waals surface area contributed by atoms with Crippen LogP contribution in [0, 0.1) is 0 Å². The Morgan fingerprint density at radius 2 is 2.22 bits per heavy atom. The van der Waals surface area contributed by atoms with Crippen molar-refractivity contribution in [3.05, 3.63) is 23.3 Å². The fourth-order valence-corrected chi connectivity index (χ4v) is 5.84. The lowest BCUT2D eigenvalue weighted by Crippen LogP contribution is -3.19. The van der Waals surface area contributed by atoms with Crippen LogP contribution in [-0.4, -0.2) is 49.3 Å². The molecule has 5 nitrogen and oxygen atoms in total. The van der Waals surface area contributed by atoms with Crippen molar-refractivity contribution in [3.8, 4) is 11.5 Å². The van der Waals surface area contributed by atoms with Gasteiger partial charge in [0, 0.05) is 24.8 Å². The zero-order chi connectivity index (χ0) is 16.0. The minimum absolute atomic E-state index is 0.124. The van der Waals surface area contributed by atoms with Crippen LogP contribution in [0.25, 0.3) is 0 Å². The third-order valence-electron chi connectivity index (χ3n) is 6.88. The molecule has 1 aromatic carbocycles. The molecule has 1 spiro atoms. The number of ketones is 1. The van der Waals surface area contributed by atoms with Gasteiger partial charge in [0.15, 0.2) is 23.4 Å². The van der Waals surface area contributed by atoms with Crippen LogP contribution in [0.3, 0.4) is 0 Å². The SMILES string of the molecule is COc1ccc2c3c1O[C@H]1C(=O)CC[C@@]4(O)[C@@H](C2)[NH+](C)CC[C@]314. The van der Waals surface area contributed by atoms with Crippen LogP contribution < -0.4 is 14.4 Å². The van der Waals surface area contributed by atoms with Gasteiger partial charge in [0.05, 0.1) is 26.1 Å². The van der Waals surface area contributed by atoms with Gasteiger partial charge in [-0.05, 0) is 18.1 Å². The Hall–Kier alpha value is -1.59. The fraction of sp³-hybridized carbons (Fsp3) is 0.611. The summed E-state index contributed by atoms with van der Waals surface area (Å²) in [7, 11) is 3.78. The normalized spacial score (nSPS) is 42.9. The molecule has 5 atom stereocenters. The fourth-order valence-electron chi connectivity index (χ4n) is 5.84. The molecule has 0 aromatic heterocycles. The number of rotatable bonds is 1. The monoisotopic (exact) mass is 316 g/mol. The lowest BCUT2D eigenvalue weighted by atomic mass is 9.49. The molecule has 1 aromatic rings. The number of likely N-dealkylation sites (tertiary alicyclic amines) is 1. The molecule has 2 aliphatic heterocycles. The molecule has 1 unspecified atom stereocenters. The molecule has 0 radical (unpaired) electrons. The Balaban J connectivity index is 1.86. The van der Waals surface area contributed by atoms with E-state index in [2.05, 4.69) is 13.1 Å². The first-order valence-corrected chi connectivity index (χ1v) is 8.47. The molecule has 1 saturated carbocycles.